The van der Waals surface area contributed by atoms with E-state index in [1.54, 1.807) is 0 Å². The molecule has 0 bridgehead atoms. The number of amides is 3. The topological polar surface area (TPSA) is 49.4 Å². The van der Waals surface area contributed by atoms with E-state index >= 15 is 0 Å². The van der Waals surface area contributed by atoms with Crippen molar-refractivity contribution in [3.8, 4) is 0 Å². The maximum atomic E-state index is 11.4. The molecule has 1 saturated carbocycles. The smallest absolute Gasteiger partial charge is 0.324 e. The molecule has 0 aromatic heterocycles. The van der Waals surface area contributed by atoms with Gasteiger partial charge >= 0.3 is 6.03 Å². The fraction of sp³-hybridized carbons (Fsp3) is 0.800. The van der Waals surface area contributed by atoms with Gasteiger partial charge in [0.05, 0.1) is 6.54 Å². The summed E-state index contributed by atoms with van der Waals surface area (Å²) in [6.07, 6.45) is 2.28. The second-order valence-corrected chi connectivity index (χ2v) is 4.66. The standard InChI is InChI=1S/C10H16N2O2/c1-7(2)10(3-4-10)6-12-8(13)5-11-9(12)14/h7H,3-6H2,1-2H3,(H,11,14). The van der Waals surface area contributed by atoms with E-state index in [1.807, 2.05) is 0 Å². The molecule has 78 valence electrons. The summed E-state index contributed by atoms with van der Waals surface area (Å²) < 4.78 is 0. The molecule has 0 aromatic carbocycles. The molecule has 2 rings (SSSR count). The molecule has 0 radical (unpaired) electrons. The van der Waals surface area contributed by atoms with Crippen molar-refractivity contribution in [3.63, 3.8) is 0 Å². The van der Waals surface area contributed by atoms with Gasteiger partial charge in [0, 0.05) is 6.54 Å². The SMILES string of the molecule is CC(C)C1(CN2C(=O)CNC2=O)CC1. The lowest BCUT2D eigenvalue weighted by Gasteiger charge is -2.24. The van der Waals surface area contributed by atoms with Crippen molar-refractivity contribution in [2.75, 3.05) is 13.1 Å². The van der Waals surface area contributed by atoms with Crippen LogP contribution >= 0.6 is 0 Å². The van der Waals surface area contributed by atoms with Crippen molar-refractivity contribution in [3.05, 3.63) is 0 Å². The number of imide groups is 1. The molecule has 2 fully saturated rings. The number of nitrogens with zero attached hydrogens (tertiary/aromatic N) is 1. The molecule has 14 heavy (non-hydrogen) atoms. The molecule has 1 aliphatic heterocycles. The van der Waals surface area contributed by atoms with E-state index in [1.165, 1.54) is 4.90 Å². The van der Waals surface area contributed by atoms with Crippen LogP contribution in [-0.2, 0) is 4.79 Å². The van der Waals surface area contributed by atoms with Crippen molar-refractivity contribution in [1.29, 1.82) is 0 Å². The molecule has 4 heteroatoms. The second-order valence-electron chi connectivity index (χ2n) is 4.66. The Kier molecular flexibility index (Phi) is 2.01. The van der Waals surface area contributed by atoms with Crippen molar-refractivity contribution in [2.45, 2.75) is 26.7 Å². The molecule has 0 spiro atoms. The summed E-state index contributed by atoms with van der Waals surface area (Å²) in [6.45, 7) is 5.10. The molecule has 4 nitrogen and oxygen atoms in total. The Morgan fingerprint density at radius 3 is 2.43 bits per heavy atom. The van der Waals surface area contributed by atoms with E-state index in [0.29, 0.717) is 12.5 Å². The summed E-state index contributed by atoms with van der Waals surface area (Å²) in [5.74, 6) is 0.464. The van der Waals surface area contributed by atoms with Crippen molar-refractivity contribution in [1.82, 2.24) is 10.2 Å². The average molecular weight is 196 g/mol. The minimum atomic E-state index is -0.220. The van der Waals surface area contributed by atoms with Gasteiger partial charge in [-0.25, -0.2) is 4.79 Å². The first-order chi connectivity index (χ1) is 6.55. The Morgan fingerprint density at radius 2 is 2.07 bits per heavy atom. The highest BCUT2D eigenvalue weighted by atomic mass is 16.2. The van der Waals surface area contributed by atoms with Gasteiger partial charge in [-0.3, -0.25) is 9.69 Å². The summed E-state index contributed by atoms with van der Waals surface area (Å²) in [5.41, 5.74) is 0.220. The molecule has 0 atom stereocenters. The highest BCUT2D eigenvalue weighted by Crippen LogP contribution is 2.52. The molecule has 3 amide bonds. The van der Waals surface area contributed by atoms with Crippen LogP contribution in [0.4, 0.5) is 4.79 Å². The third kappa shape index (κ3) is 1.38. The van der Waals surface area contributed by atoms with Crippen molar-refractivity contribution in [2.24, 2.45) is 11.3 Å². The Hall–Kier alpha value is -1.06. The molecular weight excluding hydrogens is 180 g/mol. The molecule has 2 aliphatic rings. The minimum absolute atomic E-state index is 0.0816. The van der Waals surface area contributed by atoms with Crippen LogP contribution < -0.4 is 5.32 Å². The van der Waals surface area contributed by atoms with Gasteiger partial charge in [-0.05, 0) is 24.2 Å². The Morgan fingerprint density at radius 1 is 1.43 bits per heavy atom. The lowest BCUT2D eigenvalue weighted by atomic mass is 9.92. The highest BCUT2D eigenvalue weighted by molar-refractivity contribution is 6.02. The minimum Gasteiger partial charge on any atom is -0.329 e. The van der Waals surface area contributed by atoms with Gasteiger partial charge < -0.3 is 5.32 Å². The molecule has 0 unspecified atom stereocenters. The maximum Gasteiger partial charge on any atom is 0.324 e. The number of hydrogen-bond donors (Lipinski definition) is 1. The van der Waals surface area contributed by atoms with Crippen LogP contribution in [0.1, 0.15) is 26.7 Å². The first-order valence-electron chi connectivity index (χ1n) is 5.13. The first-order valence-corrected chi connectivity index (χ1v) is 5.13. The zero-order valence-corrected chi connectivity index (χ0v) is 8.67. The lowest BCUT2D eigenvalue weighted by Crippen LogP contribution is -2.37. The fourth-order valence-electron chi connectivity index (χ4n) is 2.01. The highest BCUT2D eigenvalue weighted by Gasteiger charge is 2.49. The van der Waals surface area contributed by atoms with Gasteiger partial charge in [0.15, 0.2) is 0 Å². The average Bonchev–Trinajstić information content (AvgIpc) is 2.84. The van der Waals surface area contributed by atoms with E-state index in [9.17, 15) is 9.59 Å². The van der Waals surface area contributed by atoms with Crippen molar-refractivity contribution < 1.29 is 9.59 Å². The monoisotopic (exact) mass is 196 g/mol. The third-order valence-electron chi connectivity index (χ3n) is 3.53. The van der Waals surface area contributed by atoms with Crippen LogP contribution in [0.5, 0.6) is 0 Å². The zero-order valence-electron chi connectivity index (χ0n) is 8.67. The van der Waals surface area contributed by atoms with E-state index in [-0.39, 0.29) is 23.9 Å². The maximum absolute atomic E-state index is 11.4. The Labute approximate surface area is 83.6 Å². The lowest BCUT2D eigenvalue weighted by molar-refractivity contribution is -0.125. The number of rotatable bonds is 3. The van der Waals surface area contributed by atoms with Crippen LogP contribution in [-0.4, -0.2) is 29.9 Å². The Balaban J connectivity index is 2.03. The van der Waals surface area contributed by atoms with E-state index in [4.69, 9.17) is 0 Å². The van der Waals surface area contributed by atoms with Crippen LogP contribution in [0.2, 0.25) is 0 Å². The number of urea groups is 1. The first kappa shape index (κ1) is 9.49. The number of carbonyl (C=O) groups is 2. The zero-order chi connectivity index (χ0) is 10.3. The van der Waals surface area contributed by atoms with E-state index in [0.717, 1.165) is 12.8 Å². The molecule has 1 aliphatic carbocycles. The molecule has 0 aromatic rings. The molecular formula is C10H16N2O2. The number of carbonyl (C=O) groups excluding carboxylic acids is 2. The van der Waals surface area contributed by atoms with E-state index < -0.39 is 0 Å². The van der Waals surface area contributed by atoms with Gasteiger partial charge in [0.25, 0.3) is 0 Å². The fourth-order valence-corrected chi connectivity index (χ4v) is 2.01. The second kappa shape index (κ2) is 2.97. The van der Waals surface area contributed by atoms with Crippen molar-refractivity contribution >= 4 is 11.9 Å². The predicted octanol–water partition coefficient (Wildman–Crippen LogP) is 0.974. The number of hydrogen-bond acceptors (Lipinski definition) is 2. The quantitative estimate of drug-likeness (QED) is 0.684. The molecule has 1 saturated heterocycles. The van der Waals surface area contributed by atoms with Gasteiger partial charge in [-0.2, -0.15) is 0 Å². The van der Waals surface area contributed by atoms with Gasteiger partial charge in [0.2, 0.25) is 5.91 Å². The van der Waals surface area contributed by atoms with E-state index in [2.05, 4.69) is 19.2 Å². The number of nitrogens with one attached hydrogen (secondary N) is 1. The summed E-state index contributed by atoms with van der Waals surface area (Å²) in [7, 11) is 0. The summed E-state index contributed by atoms with van der Waals surface area (Å²) >= 11 is 0. The third-order valence-corrected chi connectivity index (χ3v) is 3.53. The van der Waals surface area contributed by atoms with Crippen LogP contribution in [0, 0.1) is 11.3 Å². The van der Waals surface area contributed by atoms with Crippen LogP contribution in [0.3, 0.4) is 0 Å². The van der Waals surface area contributed by atoms with Crippen LogP contribution in [0.15, 0.2) is 0 Å². The Bertz CT molecular complexity index is 266. The summed E-state index contributed by atoms with van der Waals surface area (Å²) in [6, 6.07) is -0.220. The van der Waals surface area contributed by atoms with Gasteiger partial charge in [-0.1, -0.05) is 13.8 Å². The molecule has 1 N–H and O–H groups in total. The van der Waals surface area contributed by atoms with Gasteiger partial charge in [-0.15, -0.1) is 0 Å². The van der Waals surface area contributed by atoms with Crippen LogP contribution in [0.25, 0.3) is 0 Å². The summed E-state index contributed by atoms with van der Waals surface area (Å²) in [4.78, 5) is 24.0. The summed E-state index contributed by atoms with van der Waals surface area (Å²) in [5, 5.41) is 2.55. The largest absolute Gasteiger partial charge is 0.329 e. The predicted molar refractivity (Wildman–Crippen MR) is 51.6 cm³/mol. The van der Waals surface area contributed by atoms with Gasteiger partial charge in [0.1, 0.15) is 0 Å². The molecule has 1 heterocycles. The normalized spacial score (nSPS) is 24.4.